The molecule has 0 aliphatic carbocycles. The summed E-state index contributed by atoms with van der Waals surface area (Å²) in [6.07, 6.45) is 2.18. The highest BCUT2D eigenvalue weighted by atomic mass is 32.2. The Kier molecular flexibility index (Phi) is 6.92. The fraction of sp³-hybridized carbons (Fsp3) is 0.364. The van der Waals surface area contributed by atoms with Crippen molar-refractivity contribution in [3.8, 4) is 0 Å². The Morgan fingerprint density at radius 3 is 2.72 bits per heavy atom. The molecule has 3 rings (SSSR count). The first-order chi connectivity index (χ1) is 13.9. The predicted octanol–water partition coefficient (Wildman–Crippen LogP) is 3.32. The van der Waals surface area contributed by atoms with Gasteiger partial charge in [0.1, 0.15) is 5.82 Å². The standard InChI is InChI=1S/C22H26FN3O2S/c1-25(2)20(15-6-4-7-17(23)10-15)13-24-22(28)16-11-21(27)26(14-16)18-8-5-9-19(12-18)29-3/h4-10,12,16,20H,11,13-14H2,1-3H3,(H,24,28). The third-order valence-corrected chi connectivity index (χ3v) is 5.91. The number of anilines is 1. The zero-order valence-electron chi connectivity index (χ0n) is 16.9. The molecular formula is C22H26FN3O2S. The highest BCUT2D eigenvalue weighted by molar-refractivity contribution is 7.98. The second-order valence-corrected chi connectivity index (χ2v) is 8.27. The molecule has 0 bridgehead atoms. The molecule has 5 nitrogen and oxygen atoms in total. The van der Waals surface area contributed by atoms with Crippen molar-refractivity contribution in [2.24, 2.45) is 5.92 Å². The number of thioether (sulfide) groups is 1. The average Bonchev–Trinajstić information content (AvgIpc) is 3.09. The third kappa shape index (κ3) is 5.16. The van der Waals surface area contributed by atoms with Crippen molar-refractivity contribution in [3.63, 3.8) is 0 Å². The van der Waals surface area contributed by atoms with E-state index in [1.54, 1.807) is 22.7 Å². The van der Waals surface area contributed by atoms with E-state index in [1.807, 2.05) is 55.6 Å². The van der Waals surface area contributed by atoms with Crippen molar-refractivity contribution in [2.75, 3.05) is 38.3 Å². The Balaban J connectivity index is 1.64. The smallest absolute Gasteiger partial charge is 0.227 e. The van der Waals surface area contributed by atoms with Gasteiger partial charge >= 0.3 is 0 Å². The van der Waals surface area contributed by atoms with Crippen molar-refractivity contribution >= 4 is 29.3 Å². The first kappa shape index (κ1) is 21.3. The molecule has 1 aliphatic rings. The van der Waals surface area contributed by atoms with Gasteiger partial charge in [0, 0.05) is 30.1 Å². The molecule has 2 amide bonds. The fourth-order valence-corrected chi connectivity index (χ4v) is 4.02. The van der Waals surface area contributed by atoms with E-state index >= 15 is 0 Å². The largest absolute Gasteiger partial charge is 0.354 e. The number of rotatable bonds is 7. The summed E-state index contributed by atoms with van der Waals surface area (Å²) in [5.41, 5.74) is 1.62. The zero-order chi connectivity index (χ0) is 21.0. The first-order valence-corrected chi connectivity index (χ1v) is 10.8. The number of hydrogen-bond acceptors (Lipinski definition) is 4. The van der Waals surface area contributed by atoms with Crippen LogP contribution in [0, 0.1) is 11.7 Å². The summed E-state index contributed by atoms with van der Waals surface area (Å²) in [6, 6.07) is 14.0. The van der Waals surface area contributed by atoms with Crippen LogP contribution >= 0.6 is 11.8 Å². The summed E-state index contributed by atoms with van der Waals surface area (Å²) in [5.74, 6) is -0.885. The Bertz CT molecular complexity index is 890. The van der Waals surface area contributed by atoms with Crippen molar-refractivity contribution in [1.82, 2.24) is 10.2 Å². The number of carbonyl (C=O) groups is 2. The van der Waals surface area contributed by atoms with Crippen LogP contribution in [0.1, 0.15) is 18.0 Å². The molecule has 29 heavy (non-hydrogen) atoms. The summed E-state index contributed by atoms with van der Waals surface area (Å²) in [7, 11) is 3.78. The van der Waals surface area contributed by atoms with Crippen LogP contribution in [0.3, 0.4) is 0 Å². The molecule has 0 spiro atoms. The molecule has 0 aromatic heterocycles. The minimum absolute atomic E-state index is 0.0438. The maximum atomic E-state index is 13.6. The van der Waals surface area contributed by atoms with Crippen LogP contribution in [0.2, 0.25) is 0 Å². The van der Waals surface area contributed by atoms with Gasteiger partial charge in [0.2, 0.25) is 11.8 Å². The van der Waals surface area contributed by atoms with E-state index in [0.717, 1.165) is 16.1 Å². The molecular weight excluding hydrogens is 389 g/mol. The van der Waals surface area contributed by atoms with E-state index in [1.165, 1.54) is 12.1 Å². The van der Waals surface area contributed by atoms with Gasteiger partial charge in [-0.1, -0.05) is 18.2 Å². The van der Waals surface area contributed by atoms with Crippen LogP contribution in [0.5, 0.6) is 0 Å². The highest BCUT2D eigenvalue weighted by Crippen LogP contribution is 2.28. The number of halogens is 1. The van der Waals surface area contributed by atoms with Gasteiger partial charge in [0.05, 0.1) is 12.0 Å². The topological polar surface area (TPSA) is 52.7 Å². The number of nitrogens with zero attached hydrogens (tertiary/aromatic N) is 2. The molecule has 1 saturated heterocycles. The summed E-state index contributed by atoms with van der Waals surface area (Å²) in [5, 5.41) is 2.95. The van der Waals surface area contributed by atoms with Gasteiger partial charge in [-0.3, -0.25) is 9.59 Å². The minimum Gasteiger partial charge on any atom is -0.354 e. The molecule has 1 heterocycles. The van der Waals surface area contributed by atoms with Crippen LogP contribution in [0.25, 0.3) is 0 Å². The van der Waals surface area contributed by atoms with Crippen LogP contribution in [0.15, 0.2) is 53.4 Å². The average molecular weight is 416 g/mol. The van der Waals surface area contributed by atoms with E-state index in [2.05, 4.69) is 5.32 Å². The van der Waals surface area contributed by atoms with Crippen LogP contribution in [-0.2, 0) is 9.59 Å². The second kappa shape index (κ2) is 9.41. The van der Waals surface area contributed by atoms with Gasteiger partial charge in [-0.15, -0.1) is 11.8 Å². The van der Waals surface area contributed by atoms with Crippen molar-refractivity contribution in [2.45, 2.75) is 17.4 Å². The molecule has 1 fully saturated rings. The number of hydrogen-bond donors (Lipinski definition) is 1. The monoisotopic (exact) mass is 415 g/mol. The summed E-state index contributed by atoms with van der Waals surface area (Å²) in [6.45, 7) is 0.719. The molecule has 154 valence electrons. The van der Waals surface area contributed by atoms with Gasteiger partial charge < -0.3 is 15.1 Å². The number of nitrogens with one attached hydrogen (secondary N) is 1. The van der Waals surface area contributed by atoms with E-state index in [-0.39, 0.29) is 30.1 Å². The van der Waals surface area contributed by atoms with E-state index in [0.29, 0.717) is 13.1 Å². The lowest BCUT2D eigenvalue weighted by atomic mass is 10.0. The Hall–Kier alpha value is -2.38. The number of benzene rings is 2. The molecule has 1 aliphatic heterocycles. The van der Waals surface area contributed by atoms with Gasteiger partial charge in [-0.05, 0) is 56.2 Å². The van der Waals surface area contributed by atoms with Crippen LogP contribution in [-0.4, -0.2) is 50.2 Å². The summed E-state index contributed by atoms with van der Waals surface area (Å²) < 4.78 is 13.6. The highest BCUT2D eigenvalue weighted by Gasteiger charge is 2.35. The van der Waals surface area contributed by atoms with Crippen molar-refractivity contribution < 1.29 is 14.0 Å². The van der Waals surface area contributed by atoms with E-state index < -0.39 is 5.92 Å². The van der Waals surface area contributed by atoms with Gasteiger partial charge in [-0.25, -0.2) is 4.39 Å². The number of likely N-dealkylation sites (N-methyl/N-ethyl adjacent to an activating group) is 1. The third-order valence-electron chi connectivity index (χ3n) is 5.19. The van der Waals surface area contributed by atoms with Crippen molar-refractivity contribution in [1.29, 1.82) is 0 Å². The molecule has 1 N–H and O–H groups in total. The Labute approximate surface area is 175 Å². The molecule has 2 aromatic carbocycles. The molecule has 2 aromatic rings. The van der Waals surface area contributed by atoms with Gasteiger partial charge in [-0.2, -0.15) is 0 Å². The molecule has 0 radical (unpaired) electrons. The SMILES string of the molecule is CSc1cccc(N2CC(C(=O)NCC(c3cccc(F)c3)N(C)C)CC2=O)c1. The van der Waals surface area contributed by atoms with Gasteiger partial charge in [0.25, 0.3) is 0 Å². The van der Waals surface area contributed by atoms with E-state index in [4.69, 9.17) is 0 Å². The number of carbonyl (C=O) groups excluding carboxylic acids is 2. The fourth-order valence-electron chi connectivity index (χ4n) is 3.57. The Morgan fingerprint density at radius 2 is 2.03 bits per heavy atom. The molecule has 2 atom stereocenters. The summed E-state index contributed by atoms with van der Waals surface area (Å²) in [4.78, 5) is 29.9. The normalized spacial score (nSPS) is 17.6. The molecule has 0 saturated carbocycles. The molecule has 2 unspecified atom stereocenters. The zero-order valence-corrected chi connectivity index (χ0v) is 17.7. The van der Waals surface area contributed by atoms with Gasteiger partial charge in [0.15, 0.2) is 0 Å². The second-order valence-electron chi connectivity index (χ2n) is 7.39. The lowest BCUT2D eigenvalue weighted by Crippen LogP contribution is -2.38. The van der Waals surface area contributed by atoms with Crippen molar-refractivity contribution in [3.05, 3.63) is 59.9 Å². The van der Waals surface area contributed by atoms with Crippen LogP contribution in [0.4, 0.5) is 10.1 Å². The predicted molar refractivity (Wildman–Crippen MR) is 115 cm³/mol. The minimum atomic E-state index is -0.393. The first-order valence-electron chi connectivity index (χ1n) is 9.53. The Morgan fingerprint density at radius 1 is 1.28 bits per heavy atom. The lowest BCUT2D eigenvalue weighted by Gasteiger charge is -2.26. The number of amides is 2. The summed E-state index contributed by atoms with van der Waals surface area (Å²) >= 11 is 1.61. The molecule has 7 heteroatoms. The van der Waals surface area contributed by atoms with Crippen LogP contribution < -0.4 is 10.2 Å². The maximum absolute atomic E-state index is 13.6. The van der Waals surface area contributed by atoms with E-state index in [9.17, 15) is 14.0 Å². The maximum Gasteiger partial charge on any atom is 0.227 e. The lowest BCUT2D eigenvalue weighted by molar-refractivity contribution is -0.126. The quantitative estimate of drug-likeness (QED) is 0.705.